The van der Waals surface area contributed by atoms with Gasteiger partial charge in [-0.05, 0) is 39.2 Å². The number of hydrogen-bond donors (Lipinski definition) is 0. The van der Waals surface area contributed by atoms with Gasteiger partial charge in [-0.15, -0.1) is 16.4 Å². The van der Waals surface area contributed by atoms with Crippen LogP contribution in [0.5, 0.6) is 5.75 Å². The van der Waals surface area contributed by atoms with Crippen LogP contribution < -0.4 is 4.74 Å². The van der Waals surface area contributed by atoms with E-state index < -0.39 is 0 Å². The van der Waals surface area contributed by atoms with Crippen molar-refractivity contribution in [3.8, 4) is 23.1 Å². The van der Waals surface area contributed by atoms with Crippen LogP contribution in [0.1, 0.15) is 60.3 Å². The number of nitriles is 1. The Kier molecular flexibility index (Phi) is 6.40. The number of aryl methyl sites for hydroxylation is 1. The van der Waals surface area contributed by atoms with Crippen molar-refractivity contribution >= 4 is 16.9 Å². The average Bonchev–Trinajstić information content (AvgIpc) is 3.60. The van der Waals surface area contributed by atoms with Gasteiger partial charge in [-0.1, -0.05) is 12.1 Å². The molecule has 2 fully saturated rings. The Morgan fingerprint density at radius 3 is 2.70 bits per heavy atom. The highest BCUT2D eigenvalue weighted by Crippen LogP contribution is 2.35. The topological polar surface area (TPSA) is 106 Å². The highest BCUT2D eigenvalue weighted by atomic mass is 32.1. The molecule has 10 nitrogen and oxygen atoms in total. The Hall–Kier alpha value is -3.33. The third-order valence-electron chi connectivity index (χ3n) is 7.49. The highest BCUT2D eigenvalue weighted by Gasteiger charge is 2.31. The zero-order chi connectivity index (χ0) is 25.5. The smallest absolute Gasteiger partial charge is 0.148 e. The maximum atomic E-state index is 9.71. The van der Waals surface area contributed by atoms with Crippen molar-refractivity contribution in [2.75, 3.05) is 26.3 Å². The van der Waals surface area contributed by atoms with Crippen molar-refractivity contribution in [2.24, 2.45) is 0 Å². The summed E-state index contributed by atoms with van der Waals surface area (Å²) in [4.78, 5) is 7.16. The fourth-order valence-corrected chi connectivity index (χ4v) is 5.96. The average molecular weight is 519 g/mol. The maximum Gasteiger partial charge on any atom is 0.148 e. The molecule has 6 rings (SSSR count). The summed E-state index contributed by atoms with van der Waals surface area (Å²) in [5.74, 6) is 0.592. The van der Waals surface area contributed by atoms with Crippen molar-refractivity contribution in [1.82, 2.24) is 34.5 Å². The van der Waals surface area contributed by atoms with Gasteiger partial charge in [0.2, 0.25) is 0 Å². The van der Waals surface area contributed by atoms with E-state index in [1.807, 2.05) is 24.6 Å². The summed E-state index contributed by atoms with van der Waals surface area (Å²) >= 11 is 1.60. The molecule has 1 atom stereocenters. The van der Waals surface area contributed by atoms with E-state index in [4.69, 9.17) is 9.47 Å². The summed E-state index contributed by atoms with van der Waals surface area (Å²) in [5.41, 5.74) is 4.68. The lowest BCUT2D eigenvalue weighted by molar-refractivity contribution is -0.0735. The molecule has 4 aromatic heterocycles. The van der Waals surface area contributed by atoms with Crippen molar-refractivity contribution < 1.29 is 9.47 Å². The second-order valence-corrected chi connectivity index (χ2v) is 10.9. The third-order valence-corrected chi connectivity index (χ3v) is 8.28. The molecule has 192 valence electrons. The number of ether oxygens (including phenoxy) is 2. The Balaban J connectivity index is 1.32. The predicted octanol–water partition coefficient (Wildman–Crippen LogP) is 4.10. The summed E-state index contributed by atoms with van der Waals surface area (Å²) in [6.45, 7) is 9.94. The number of fused-ring (bicyclic) bond motifs is 1. The lowest BCUT2D eigenvalue weighted by Gasteiger charge is -2.41. The molecule has 0 aromatic carbocycles. The molecule has 6 heterocycles. The predicted molar refractivity (Wildman–Crippen MR) is 139 cm³/mol. The molecule has 0 amide bonds. The van der Waals surface area contributed by atoms with Crippen LogP contribution in [0, 0.1) is 25.2 Å². The summed E-state index contributed by atoms with van der Waals surface area (Å²) in [6.07, 6.45) is 6.08. The molecule has 2 saturated heterocycles. The molecule has 4 aromatic rings. The number of nitrogens with zero attached hydrogens (tertiary/aromatic N) is 8. The Labute approximate surface area is 219 Å². The fourth-order valence-electron chi connectivity index (χ4n) is 5.30. The maximum absolute atomic E-state index is 9.71. The van der Waals surface area contributed by atoms with Gasteiger partial charge in [-0.25, -0.2) is 14.2 Å². The molecular formula is C26H30N8O2S. The number of rotatable bonds is 7. The van der Waals surface area contributed by atoms with Crippen LogP contribution in [0.3, 0.4) is 0 Å². The van der Waals surface area contributed by atoms with Gasteiger partial charge in [0.05, 0.1) is 47.9 Å². The Morgan fingerprint density at radius 1 is 1.24 bits per heavy atom. The van der Waals surface area contributed by atoms with Gasteiger partial charge in [-0.2, -0.15) is 10.4 Å². The summed E-state index contributed by atoms with van der Waals surface area (Å²) in [6, 6.07) is 5.10. The van der Waals surface area contributed by atoms with Gasteiger partial charge in [-0.3, -0.25) is 4.90 Å². The zero-order valence-corrected chi connectivity index (χ0v) is 22.1. The van der Waals surface area contributed by atoms with Gasteiger partial charge in [0.15, 0.2) is 0 Å². The second kappa shape index (κ2) is 9.85. The number of pyridine rings is 1. The molecule has 11 heteroatoms. The molecule has 37 heavy (non-hydrogen) atoms. The minimum Gasteiger partial charge on any atom is -0.482 e. The first kappa shape index (κ1) is 24.0. The number of piperidine rings is 1. The van der Waals surface area contributed by atoms with Crippen LogP contribution in [0.25, 0.3) is 16.8 Å². The first-order valence-electron chi connectivity index (χ1n) is 12.8. The van der Waals surface area contributed by atoms with Gasteiger partial charge >= 0.3 is 0 Å². The van der Waals surface area contributed by atoms with Crippen LogP contribution in [0.2, 0.25) is 0 Å². The van der Waals surface area contributed by atoms with E-state index in [2.05, 4.69) is 49.9 Å². The first-order chi connectivity index (χ1) is 18.1. The largest absolute Gasteiger partial charge is 0.482 e. The standard InChI is InChI=1S/C26H30N8O2S/c1-4-23(22-15-37-17(3)29-22)36-24-9-18(12-33-26(24)19(10-27)11-28-33)25-16(2)34(31-30-25)20-5-7-32(8-6-20)21-13-35-14-21/h9,11-12,15,20-21,23H,4-8,13-14H2,1-3H3. The zero-order valence-electron chi connectivity index (χ0n) is 21.3. The molecule has 1 unspecified atom stereocenters. The number of hydrogen-bond acceptors (Lipinski definition) is 9. The van der Waals surface area contributed by atoms with Crippen molar-refractivity contribution in [1.29, 1.82) is 5.26 Å². The molecule has 0 spiro atoms. The fraction of sp³-hybridized carbons (Fsp3) is 0.500. The van der Waals surface area contributed by atoms with Crippen molar-refractivity contribution in [3.63, 3.8) is 0 Å². The van der Waals surface area contributed by atoms with Gasteiger partial charge in [0.1, 0.15) is 34.7 Å². The minimum atomic E-state index is -0.228. The van der Waals surface area contributed by atoms with Crippen LogP contribution in [0.4, 0.5) is 0 Å². The van der Waals surface area contributed by atoms with E-state index in [0.29, 0.717) is 28.9 Å². The molecule has 0 saturated carbocycles. The number of thiazole rings is 1. The van der Waals surface area contributed by atoms with Crippen LogP contribution in [0.15, 0.2) is 23.8 Å². The monoisotopic (exact) mass is 518 g/mol. The van der Waals surface area contributed by atoms with E-state index in [1.165, 1.54) is 0 Å². The second-order valence-electron chi connectivity index (χ2n) is 9.79. The van der Waals surface area contributed by atoms with E-state index in [0.717, 1.165) is 73.2 Å². The number of aromatic nitrogens is 6. The number of likely N-dealkylation sites (tertiary alicyclic amines) is 1. The first-order valence-corrected chi connectivity index (χ1v) is 13.7. The van der Waals surface area contributed by atoms with E-state index >= 15 is 0 Å². The summed E-state index contributed by atoms with van der Waals surface area (Å²) < 4.78 is 15.7. The quantitative estimate of drug-likeness (QED) is 0.360. The molecule has 0 aliphatic carbocycles. The molecule has 2 aliphatic heterocycles. The molecule has 0 N–H and O–H groups in total. The SMILES string of the molecule is CCC(Oc1cc(-c2nnn(C3CCN(C4COC4)CC3)c2C)cn2ncc(C#N)c12)c1csc(C)n1. The van der Waals surface area contributed by atoms with Crippen LogP contribution in [-0.4, -0.2) is 66.8 Å². The minimum absolute atomic E-state index is 0.228. The van der Waals surface area contributed by atoms with Crippen LogP contribution in [-0.2, 0) is 4.74 Å². The van der Waals surface area contributed by atoms with Crippen molar-refractivity contribution in [2.45, 2.75) is 58.2 Å². The normalized spacial score (nSPS) is 18.1. The molecule has 2 aliphatic rings. The van der Waals surface area contributed by atoms with Gasteiger partial charge in [0, 0.05) is 30.2 Å². The third kappa shape index (κ3) is 4.39. The van der Waals surface area contributed by atoms with Gasteiger partial charge < -0.3 is 9.47 Å². The Morgan fingerprint density at radius 2 is 2.05 bits per heavy atom. The summed E-state index contributed by atoms with van der Waals surface area (Å²) in [5, 5.41) is 26.3. The van der Waals surface area contributed by atoms with Crippen LogP contribution >= 0.6 is 11.3 Å². The molecular weight excluding hydrogens is 488 g/mol. The lowest BCUT2D eigenvalue weighted by atomic mass is 10.0. The van der Waals surface area contributed by atoms with Crippen molar-refractivity contribution in [3.05, 3.63) is 45.8 Å². The highest BCUT2D eigenvalue weighted by molar-refractivity contribution is 7.09. The lowest BCUT2D eigenvalue weighted by Crippen LogP contribution is -2.52. The molecule has 0 radical (unpaired) electrons. The van der Waals surface area contributed by atoms with E-state index in [-0.39, 0.29) is 6.10 Å². The molecule has 0 bridgehead atoms. The Bertz CT molecular complexity index is 1460. The van der Waals surface area contributed by atoms with Gasteiger partial charge in [0.25, 0.3) is 0 Å². The van der Waals surface area contributed by atoms with E-state index in [1.54, 1.807) is 22.0 Å². The summed E-state index contributed by atoms with van der Waals surface area (Å²) in [7, 11) is 0. The van der Waals surface area contributed by atoms with E-state index in [9.17, 15) is 5.26 Å².